The first-order valence-electron chi connectivity index (χ1n) is 11.3. The van der Waals surface area contributed by atoms with E-state index in [-0.39, 0.29) is 22.6 Å². The van der Waals surface area contributed by atoms with Gasteiger partial charge in [-0.1, -0.05) is 18.3 Å². The SMILES string of the molecule is CC[C@H]1CO[C@@H](CO)CN1c1cc(S(=O)(=O)NC2(C#N)CC2)cn2c(-c3nnc(C(F)F)s3)cnc12. The van der Waals surface area contributed by atoms with E-state index >= 15 is 0 Å². The number of aliphatic hydroxyl groups excluding tert-OH is 1. The Hall–Kier alpha value is -2.77. The smallest absolute Gasteiger partial charge is 0.291 e. The number of nitriles is 1. The number of sulfonamides is 1. The standard InChI is InChI=1S/C21H23F2N7O4S2/c1-2-12-10-34-13(9-31)7-29(12)15-5-14(36(32,33)28-21(11-24)3-4-21)8-30-16(6-25-18(15)30)19-26-27-20(35-19)17(22)23/h5-6,8,12-13,17,28,31H,2-4,7,9-10H2,1H3/t12-,13+/m0/s1. The van der Waals surface area contributed by atoms with Crippen LogP contribution in [0.25, 0.3) is 16.3 Å². The Kier molecular flexibility index (Phi) is 6.41. The predicted molar refractivity (Wildman–Crippen MR) is 125 cm³/mol. The summed E-state index contributed by atoms with van der Waals surface area (Å²) in [6.45, 7) is 2.37. The third-order valence-corrected chi connectivity index (χ3v) is 8.82. The fourth-order valence-electron chi connectivity index (χ4n) is 4.17. The summed E-state index contributed by atoms with van der Waals surface area (Å²) in [5.74, 6) is 0. The van der Waals surface area contributed by atoms with Crippen molar-refractivity contribution in [3.8, 4) is 16.8 Å². The van der Waals surface area contributed by atoms with Crippen LogP contribution in [0, 0.1) is 11.3 Å². The molecule has 4 heterocycles. The summed E-state index contributed by atoms with van der Waals surface area (Å²) in [5.41, 5.74) is 0.0211. The lowest BCUT2D eigenvalue weighted by Gasteiger charge is -2.40. The molecule has 2 aliphatic rings. The van der Waals surface area contributed by atoms with Crippen molar-refractivity contribution in [3.63, 3.8) is 0 Å². The lowest BCUT2D eigenvalue weighted by atomic mass is 10.1. The number of ether oxygens (including phenoxy) is 1. The molecule has 0 unspecified atom stereocenters. The Bertz CT molecular complexity index is 1430. The van der Waals surface area contributed by atoms with Gasteiger partial charge < -0.3 is 14.7 Å². The van der Waals surface area contributed by atoms with Gasteiger partial charge in [0, 0.05) is 12.7 Å². The first-order valence-corrected chi connectivity index (χ1v) is 13.6. The highest BCUT2D eigenvalue weighted by Crippen LogP contribution is 2.38. The van der Waals surface area contributed by atoms with E-state index in [4.69, 9.17) is 4.74 Å². The second kappa shape index (κ2) is 9.27. The average Bonchev–Trinajstić information content (AvgIpc) is 3.26. The van der Waals surface area contributed by atoms with Crippen LogP contribution in [0.1, 0.15) is 37.6 Å². The number of nitrogens with zero attached hydrogens (tertiary/aromatic N) is 6. The summed E-state index contributed by atoms with van der Waals surface area (Å²) in [5, 5.41) is 26.2. The van der Waals surface area contributed by atoms with E-state index in [0.717, 1.165) is 0 Å². The minimum absolute atomic E-state index is 0.119. The molecule has 2 atom stereocenters. The molecule has 11 nitrogen and oxygen atoms in total. The number of imidazole rings is 1. The van der Waals surface area contributed by atoms with E-state index in [1.54, 1.807) is 0 Å². The molecule has 36 heavy (non-hydrogen) atoms. The molecule has 2 N–H and O–H groups in total. The quantitative estimate of drug-likeness (QED) is 0.439. The van der Waals surface area contributed by atoms with Crippen LogP contribution in [-0.4, -0.2) is 70.5 Å². The molecule has 1 aliphatic carbocycles. The molecule has 15 heteroatoms. The highest BCUT2D eigenvalue weighted by Gasteiger charge is 2.47. The van der Waals surface area contributed by atoms with Gasteiger partial charge in [-0.25, -0.2) is 22.2 Å². The van der Waals surface area contributed by atoms with Crippen molar-refractivity contribution >= 4 is 32.7 Å². The first kappa shape index (κ1) is 24.9. The largest absolute Gasteiger partial charge is 0.394 e. The third-order valence-electron chi connectivity index (χ3n) is 6.36. The fourth-order valence-corrected chi connectivity index (χ4v) is 6.27. The maximum absolute atomic E-state index is 13.4. The summed E-state index contributed by atoms with van der Waals surface area (Å²) in [4.78, 5) is 6.29. The van der Waals surface area contributed by atoms with Gasteiger partial charge in [-0.3, -0.25) is 4.40 Å². The number of hydrogen-bond donors (Lipinski definition) is 2. The highest BCUT2D eigenvalue weighted by atomic mass is 32.2. The van der Waals surface area contributed by atoms with Crippen LogP contribution < -0.4 is 9.62 Å². The molecule has 1 saturated carbocycles. The normalized spacial score (nSPS) is 21.7. The molecule has 0 amide bonds. The molecule has 3 aromatic rings. The van der Waals surface area contributed by atoms with Crippen LogP contribution in [0.15, 0.2) is 23.4 Å². The topological polar surface area (TPSA) is 146 Å². The molecule has 5 rings (SSSR count). The molecule has 192 valence electrons. The molecule has 0 spiro atoms. The Morgan fingerprint density at radius 3 is 2.81 bits per heavy atom. The van der Waals surface area contributed by atoms with Gasteiger partial charge in [0.25, 0.3) is 6.43 Å². The number of fused-ring (bicyclic) bond motifs is 1. The van der Waals surface area contributed by atoms with Crippen molar-refractivity contribution < 1.29 is 27.0 Å². The highest BCUT2D eigenvalue weighted by molar-refractivity contribution is 7.89. The molecule has 0 radical (unpaired) electrons. The van der Waals surface area contributed by atoms with Gasteiger partial charge in [0.2, 0.25) is 10.0 Å². The lowest BCUT2D eigenvalue weighted by Crippen LogP contribution is -2.51. The monoisotopic (exact) mass is 539 g/mol. The van der Waals surface area contributed by atoms with Gasteiger partial charge in [0.15, 0.2) is 15.7 Å². The van der Waals surface area contributed by atoms with Crippen LogP contribution >= 0.6 is 11.3 Å². The Morgan fingerprint density at radius 2 is 2.19 bits per heavy atom. The van der Waals surface area contributed by atoms with Gasteiger partial charge in [-0.15, -0.1) is 10.2 Å². The predicted octanol–water partition coefficient (Wildman–Crippen LogP) is 2.10. The molecular formula is C21H23F2N7O4S2. The first-order chi connectivity index (χ1) is 17.2. The third kappa shape index (κ3) is 4.43. The van der Waals surface area contributed by atoms with Gasteiger partial charge in [-0.2, -0.15) is 9.98 Å². The number of alkyl halides is 2. The van der Waals surface area contributed by atoms with Crippen molar-refractivity contribution in [1.82, 2.24) is 24.3 Å². The van der Waals surface area contributed by atoms with Crippen molar-refractivity contribution in [2.75, 3.05) is 24.7 Å². The van der Waals surface area contributed by atoms with Gasteiger partial charge in [0.1, 0.15) is 16.1 Å². The number of aliphatic hydroxyl groups is 1. The van der Waals surface area contributed by atoms with Crippen molar-refractivity contribution in [3.05, 3.63) is 23.5 Å². The molecular weight excluding hydrogens is 516 g/mol. The van der Waals surface area contributed by atoms with Crippen LogP contribution in [0.2, 0.25) is 0 Å². The maximum atomic E-state index is 13.4. The number of hydrogen-bond acceptors (Lipinski definition) is 10. The molecule has 1 aliphatic heterocycles. The van der Waals surface area contributed by atoms with E-state index in [0.29, 0.717) is 60.8 Å². The van der Waals surface area contributed by atoms with Crippen LogP contribution in [0.5, 0.6) is 0 Å². The maximum Gasteiger partial charge on any atom is 0.291 e. The molecule has 2 fully saturated rings. The minimum atomic E-state index is -4.13. The van der Waals surface area contributed by atoms with E-state index in [2.05, 4.69) is 19.9 Å². The van der Waals surface area contributed by atoms with Crippen LogP contribution in [0.3, 0.4) is 0 Å². The van der Waals surface area contributed by atoms with E-state index in [1.165, 1.54) is 22.9 Å². The number of nitrogens with one attached hydrogen (secondary N) is 1. The summed E-state index contributed by atoms with van der Waals surface area (Å²) in [6, 6.07) is 3.38. The Balaban J connectivity index is 1.68. The Labute approximate surface area is 209 Å². The van der Waals surface area contributed by atoms with E-state index < -0.39 is 33.1 Å². The number of aromatic nitrogens is 4. The molecule has 0 bridgehead atoms. The average molecular weight is 540 g/mol. The zero-order valence-corrected chi connectivity index (χ0v) is 20.8. The van der Waals surface area contributed by atoms with E-state index in [9.17, 15) is 27.6 Å². The molecule has 3 aromatic heterocycles. The number of halogens is 2. The lowest BCUT2D eigenvalue weighted by molar-refractivity contribution is -0.0134. The Morgan fingerprint density at radius 1 is 1.42 bits per heavy atom. The second-order valence-corrected chi connectivity index (χ2v) is 11.5. The van der Waals surface area contributed by atoms with Gasteiger partial charge in [-0.05, 0) is 25.3 Å². The number of rotatable bonds is 8. The van der Waals surface area contributed by atoms with Crippen molar-refractivity contribution in [2.24, 2.45) is 0 Å². The van der Waals surface area contributed by atoms with E-state index in [1.807, 2.05) is 17.9 Å². The number of morpholine rings is 1. The summed E-state index contributed by atoms with van der Waals surface area (Å²) in [6.07, 6.45) is 1.00. The minimum Gasteiger partial charge on any atom is -0.394 e. The molecule has 1 saturated heterocycles. The zero-order chi connectivity index (χ0) is 25.7. The number of anilines is 1. The fraction of sp³-hybridized carbons (Fsp3) is 0.524. The molecule has 0 aromatic carbocycles. The summed E-state index contributed by atoms with van der Waals surface area (Å²) >= 11 is 0.693. The van der Waals surface area contributed by atoms with Crippen molar-refractivity contribution in [2.45, 2.75) is 55.2 Å². The van der Waals surface area contributed by atoms with Crippen molar-refractivity contribution in [1.29, 1.82) is 5.26 Å². The van der Waals surface area contributed by atoms with Crippen LogP contribution in [-0.2, 0) is 14.8 Å². The number of pyridine rings is 1. The van der Waals surface area contributed by atoms with Gasteiger partial charge in [0.05, 0.1) is 43.3 Å². The summed E-state index contributed by atoms with van der Waals surface area (Å²) in [7, 11) is -4.13. The zero-order valence-electron chi connectivity index (χ0n) is 19.1. The van der Waals surface area contributed by atoms with Crippen LogP contribution in [0.4, 0.5) is 14.5 Å². The summed E-state index contributed by atoms with van der Waals surface area (Å²) < 4.78 is 62.7. The second-order valence-electron chi connectivity index (χ2n) is 8.80. The van der Waals surface area contributed by atoms with Gasteiger partial charge >= 0.3 is 0 Å².